The maximum absolute atomic E-state index is 11.7. The van der Waals surface area contributed by atoms with Gasteiger partial charge in [0.2, 0.25) is 0 Å². The van der Waals surface area contributed by atoms with E-state index < -0.39 is 0 Å². The molecular weight excluding hydrogens is 346 g/mol. The summed E-state index contributed by atoms with van der Waals surface area (Å²) in [5.41, 5.74) is 2.05. The van der Waals surface area contributed by atoms with Gasteiger partial charge in [0.1, 0.15) is 5.69 Å². The molecule has 0 saturated heterocycles. The Morgan fingerprint density at radius 1 is 1.23 bits per heavy atom. The standard InChI is InChI=1S/C16H16BrN3O2/c1-3-22-16(21)12-9-10-15(14(17)11-12)18-19-20(2)13-7-5-4-6-8-13/h4-11H,3H2,1-2H3. The molecule has 0 unspecified atom stereocenters. The molecule has 114 valence electrons. The summed E-state index contributed by atoms with van der Waals surface area (Å²) in [6.07, 6.45) is 0. The van der Waals surface area contributed by atoms with Crippen LogP contribution < -0.4 is 5.01 Å². The molecule has 0 bridgehead atoms. The minimum atomic E-state index is -0.354. The number of halogens is 1. The molecule has 0 N–H and O–H groups in total. The first kappa shape index (κ1) is 16.2. The van der Waals surface area contributed by atoms with E-state index in [0.29, 0.717) is 22.3 Å². The second-order valence-corrected chi connectivity index (χ2v) is 5.29. The summed E-state index contributed by atoms with van der Waals surface area (Å²) in [6.45, 7) is 2.12. The van der Waals surface area contributed by atoms with Crippen LogP contribution in [0.3, 0.4) is 0 Å². The van der Waals surface area contributed by atoms with E-state index in [4.69, 9.17) is 4.74 Å². The zero-order valence-corrected chi connectivity index (χ0v) is 13.9. The van der Waals surface area contributed by atoms with Crippen LogP contribution in [0, 0.1) is 0 Å². The van der Waals surface area contributed by atoms with Crippen molar-refractivity contribution in [2.24, 2.45) is 10.3 Å². The van der Waals surface area contributed by atoms with Crippen molar-refractivity contribution in [3.8, 4) is 0 Å². The van der Waals surface area contributed by atoms with E-state index in [2.05, 4.69) is 26.3 Å². The first-order valence-corrected chi connectivity index (χ1v) is 7.58. The van der Waals surface area contributed by atoms with Crippen molar-refractivity contribution in [3.05, 3.63) is 58.6 Å². The lowest BCUT2D eigenvalue weighted by Crippen LogP contribution is -2.06. The molecule has 2 aromatic carbocycles. The predicted octanol–water partition coefficient (Wildman–Crippen LogP) is 4.76. The highest BCUT2D eigenvalue weighted by atomic mass is 79.9. The predicted molar refractivity (Wildman–Crippen MR) is 89.5 cm³/mol. The normalized spacial score (nSPS) is 10.7. The average molecular weight is 362 g/mol. The van der Waals surface area contributed by atoms with Gasteiger partial charge in [-0.25, -0.2) is 9.80 Å². The van der Waals surface area contributed by atoms with Crippen LogP contribution in [-0.4, -0.2) is 19.6 Å². The first-order valence-electron chi connectivity index (χ1n) is 6.79. The molecular formula is C16H16BrN3O2. The van der Waals surface area contributed by atoms with Crippen molar-refractivity contribution in [2.45, 2.75) is 6.92 Å². The number of carbonyl (C=O) groups is 1. The number of hydrogen-bond acceptors (Lipinski definition) is 4. The molecule has 0 amide bonds. The Kier molecular flexibility index (Phi) is 5.66. The number of nitrogens with zero attached hydrogens (tertiary/aromatic N) is 3. The molecule has 6 heteroatoms. The maximum Gasteiger partial charge on any atom is 0.338 e. The van der Waals surface area contributed by atoms with Crippen molar-refractivity contribution in [3.63, 3.8) is 0 Å². The second-order valence-electron chi connectivity index (χ2n) is 4.44. The molecule has 0 aliphatic heterocycles. The number of hydrogen-bond donors (Lipinski definition) is 0. The first-order chi connectivity index (χ1) is 10.6. The van der Waals surface area contributed by atoms with E-state index >= 15 is 0 Å². The quantitative estimate of drug-likeness (QED) is 0.438. The van der Waals surface area contributed by atoms with Crippen molar-refractivity contribution >= 4 is 33.3 Å². The smallest absolute Gasteiger partial charge is 0.338 e. The van der Waals surface area contributed by atoms with Crippen molar-refractivity contribution in [1.29, 1.82) is 0 Å². The molecule has 2 aromatic rings. The molecule has 2 rings (SSSR count). The highest BCUT2D eigenvalue weighted by molar-refractivity contribution is 9.10. The zero-order chi connectivity index (χ0) is 15.9. The van der Waals surface area contributed by atoms with Crippen molar-refractivity contribution < 1.29 is 9.53 Å². The molecule has 0 saturated carbocycles. The van der Waals surface area contributed by atoms with Crippen LogP contribution in [0.4, 0.5) is 11.4 Å². The molecule has 0 spiro atoms. The lowest BCUT2D eigenvalue weighted by atomic mass is 10.2. The second kappa shape index (κ2) is 7.70. The van der Waals surface area contributed by atoms with Gasteiger partial charge in [0.25, 0.3) is 0 Å². The van der Waals surface area contributed by atoms with Crippen LogP contribution >= 0.6 is 15.9 Å². The zero-order valence-electron chi connectivity index (χ0n) is 12.4. The Balaban J connectivity index is 2.13. The number of rotatable bonds is 5. The van der Waals surface area contributed by atoms with E-state index in [1.807, 2.05) is 37.4 Å². The molecule has 0 aliphatic rings. The third-order valence-corrected chi connectivity index (χ3v) is 3.51. The van der Waals surface area contributed by atoms with Gasteiger partial charge in [-0.05, 0) is 53.2 Å². The Hall–Kier alpha value is -2.21. The van der Waals surface area contributed by atoms with Crippen molar-refractivity contribution in [1.82, 2.24) is 0 Å². The summed E-state index contributed by atoms with van der Waals surface area (Å²) in [5.74, 6) is -0.354. The van der Waals surface area contributed by atoms with Gasteiger partial charge in [0.05, 0.1) is 17.9 Å². The van der Waals surface area contributed by atoms with Crippen LogP contribution in [0.2, 0.25) is 0 Å². The highest BCUT2D eigenvalue weighted by Gasteiger charge is 2.09. The Bertz CT molecular complexity index is 674. The fourth-order valence-corrected chi connectivity index (χ4v) is 2.20. The number of para-hydroxylation sites is 1. The van der Waals surface area contributed by atoms with Crippen LogP contribution in [-0.2, 0) is 4.74 Å². The fourth-order valence-electron chi connectivity index (χ4n) is 1.74. The molecule has 5 nitrogen and oxygen atoms in total. The monoisotopic (exact) mass is 361 g/mol. The average Bonchev–Trinajstić information content (AvgIpc) is 2.54. The van der Waals surface area contributed by atoms with Gasteiger partial charge in [-0.1, -0.05) is 23.4 Å². The number of anilines is 1. The minimum absolute atomic E-state index is 0.347. The van der Waals surface area contributed by atoms with E-state index in [0.717, 1.165) is 5.69 Å². The number of benzene rings is 2. The lowest BCUT2D eigenvalue weighted by Gasteiger charge is -2.10. The third kappa shape index (κ3) is 4.14. The van der Waals surface area contributed by atoms with Gasteiger partial charge >= 0.3 is 5.97 Å². The van der Waals surface area contributed by atoms with Gasteiger partial charge in [0, 0.05) is 11.5 Å². The van der Waals surface area contributed by atoms with Gasteiger partial charge < -0.3 is 4.74 Å². The van der Waals surface area contributed by atoms with E-state index in [1.54, 1.807) is 30.1 Å². The summed E-state index contributed by atoms with van der Waals surface area (Å²) in [7, 11) is 1.82. The number of esters is 1. The SMILES string of the molecule is CCOC(=O)c1ccc(N=NN(C)c2ccccc2)c(Br)c1. The van der Waals surface area contributed by atoms with Crippen LogP contribution in [0.15, 0.2) is 63.3 Å². The Morgan fingerprint density at radius 2 is 1.95 bits per heavy atom. The maximum atomic E-state index is 11.7. The van der Waals surface area contributed by atoms with Crippen LogP contribution in [0.25, 0.3) is 0 Å². The summed E-state index contributed by atoms with van der Waals surface area (Å²) in [4.78, 5) is 11.7. The van der Waals surface area contributed by atoms with Gasteiger partial charge in [0.15, 0.2) is 0 Å². The topological polar surface area (TPSA) is 54.3 Å². The van der Waals surface area contributed by atoms with E-state index in [1.165, 1.54) is 0 Å². The summed E-state index contributed by atoms with van der Waals surface area (Å²) < 4.78 is 5.64. The molecule has 0 aromatic heterocycles. The highest BCUT2D eigenvalue weighted by Crippen LogP contribution is 2.27. The molecule has 0 heterocycles. The largest absolute Gasteiger partial charge is 0.462 e. The Labute approximate surface area is 137 Å². The van der Waals surface area contributed by atoms with Gasteiger partial charge in [-0.15, -0.1) is 5.11 Å². The Morgan fingerprint density at radius 3 is 2.59 bits per heavy atom. The molecule has 0 fully saturated rings. The number of carbonyl (C=O) groups excluding carboxylic acids is 1. The molecule has 0 atom stereocenters. The third-order valence-electron chi connectivity index (χ3n) is 2.88. The van der Waals surface area contributed by atoms with Crippen molar-refractivity contribution in [2.75, 3.05) is 18.7 Å². The number of ether oxygens (including phenoxy) is 1. The molecule has 0 radical (unpaired) electrons. The van der Waals surface area contributed by atoms with E-state index in [-0.39, 0.29) is 5.97 Å². The van der Waals surface area contributed by atoms with Gasteiger partial charge in [-0.3, -0.25) is 0 Å². The molecule has 22 heavy (non-hydrogen) atoms. The summed E-state index contributed by atoms with van der Waals surface area (Å²) >= 11 is 3.39. The van der Waals surface area contributed by atoms with Crippen LogP contribution in [0.1, 0.15) is 17.3 Å². The minimum Gasteiger partial charge on any atom is -0.462 e. The van der Waals surface area contributed by atoms with Crippen LogP contribution in [0.5, 0.6) is 0 Å². The summed E-state index contributed by atoms with van der Waals surface area (Å²) in [6, 6.07) is 14.8. The summed E-state index contributed by atoms with van der Waals surface area (Å²) in [5, 5.41) is 10.0. The fraction of sp³-hybridized carbons (Fsp3) is 0.188. The lowest BCUT2D eigenvalue weighted by molar-refractivity contribution is 0.0526. The van der Waals surface area contributed by atoms with Gasteiger partial charge in [-0.2, -0.15) is 0 Å². The molecule has 0 aliphatic carbocycles. The van der Waals surface area contributed by atoms with E-state index in [9.17, 15) is 4.79 Å².